The Bertz CT molecular complexity index is 824. The molecule has 2 aromatic rings. The second-order valence-electron chi connectivity index (χ2n) is 6.29. The highest BCUT2D eigenvalue weighted by molar-refractivity contribution is 7.10. The van der Waals surface area contributed by atoms with Crippen molar-refractivity contribution in [1.82, 2.24) is 5.32 Å². The fourth-order valence-electron chi connectivity index (χ4n) is 3.66. The van der Waals surface area contributed by atoms with Crippen LogP contribution in [0.5, 0.6) is 0 Å². The second-order valence-corrected chi connectivity index (χ2v) is 7.71. The average molecular weight is 358 g/mol. The van der Waals surface area contributed by atoms with E-state index < -0.39 is 0 Å². The molecule has 0 spiro atoms. The Morgan fingerprint density at radius 2 is 1.83 bits per heavy atom. The van der Waals surface area contributed by atoms with Crippen molar-refractivity contribution < 1.29 is 9.59 Å². The molecule has 3 nitrogen and oxygen atoms in total. The van der Waals surface area contributed by atoms with Gasteiger partial charge in [-0.15, -0.1) is 11.3 Å². The topological polar surface area (TPSA) is 46.2 Å². The van der Waals surface area contributed by atoms with Crippen molar-refractivity contribution in [1.29, 1.82) is 0 Å². The van der Waals surface area contributed by atoms with Gasteiger partial charge in [-0.25, -0.2) is 0 Å². The minimum atomic E-state index is -0.164. The molecule has 5 heteroatoms. The van der Waals surface area contributed by atoms with Crippen LogP contribution < -0.4 is 5.32 Å². The molecule has 4 rings (SSSR count). The van der Waals surface area contributed by atoms with Crippen LogP contribution in [-0.2, 0) is 9.59 Å². The first-order chi connectivity index (χ1) is 11.6. The maximum atomic E-state index is 12.9. The van der Waals surface area contributed by atoms with Crippen molar-refractivity contribution in [3.63, 3.8) is 0 Å². The van der Waals surface area contributed by atoms with E-state index >= 15 is 0 Å². The molecule has 0 bridgehead atoms. The number of halogens is 1. The Balaban J connectivity index is 1.72. The summed E-state index contributed by atoms with van der Waals surface area (Å²) >= 11 is 7.63. The number of Topliss-reactive ketones (excluding diaryl/α,β-unsaturated/α-hetero) is 1. The van der Waals surface area contributed by atoms with Gasteiger partial charge >= 0.3 is 0 Å². The standard InChI is InChI=1S/C19H16ClNO2S/c20-13-5-3-11(4-6-13)14-10-18(23)21-15-8-12(9-16(22)19(14)15)17-2-1-7-24-17/h1-7,12,14H,8-10H2,(H,21,23)/t12-,14-/m1/s1. The van der Waals surface area contributed by atoms with Crippen LogP contribution in [0.1, 0.15) is 41.5 Å². The normalized spacial score (nSPS) is 23.9. The van der Waals surface area contributed by atoms with Crippen molar-refractivity contribution in [2.75, 3.05) is 0 Å². The van der Waals surface area contributed by atoms with E-state index in [0.717, 1.165) is 23.3 Å². The number of thiophene rings is 1. The third kappa shape index (κ3) is 2.80. The van der Waals surface area contributed by atoms with E-state index in [4.69, 9.17) is 11.6 Å². The Hall–Kier alpha value is -1.91. The summed E-state index contributed by atoms with van der Waals surface area (Å²) in [5.41, 5.74) is 2.57. The summed E-state index contributed by atoms with van der Waals surface area (Å²) in [6.45, 7) is 0. The van der Waals surface area contributed by atoms with Crippen LogP contribution in [0.15, 0.2) is 53.0 Å². The summed E-state index contributed by atoms with van der Waals surface area (Å²) in [4.78, 5) is 26.3. The summed E-state index contributed by atoms with van der Waals surface area (Å²) in [5.74, 6) is 0.131. The number of rotatable bonds is 2. The summed E-state index contributed by atoms with van der Waals surface area (Å²) in [6.07, 6.45) is 1.55. The zero-order chi connectivity index (χ0) is 16.7. The highest BCUT2D eigenvalue weighted by Crippen LogP contribution is 2.43. The van der Waals surface area contributed by atoms with Gasteiger partial charge in [0.05, 0.1) is 0 Å². The van der Waals surface area contributed by atoms with Gasteiger partial charge < -0.3 is 5.32 Å². The van der Waals surface area contributed by atoms with Crippen molar-refractivity contribution in [3.8, 4) is 0 Å². The zero-order valence-electron chi connectivity index (χ0n) is 12.9. The van der Waals surface area contributed by atoms with Gasteiger partial charge in [0.15, 0.2) is 5.78 Å². The SMILES string of the molecule is O=C1C[C@H](c2ccc(Cl)cc2)C2=C(C[C@@H](c3cccs3)CC2=O)N1. The highest BCUT2D eigenvalue weighted by Gasteiger charge is 2.38. The zero-order valence-corrected chi connectivity index (χ0v) is 14.5. The van der Waals surface area contributed by atoms with Crippen molar-refractivity contribution in [2.24, 2.45) is 0 Å². The molecule has 1 amide bonds. The Morgan fingerprint density at radius 3 is 2.54 bits per heavy atom. The number of carbonyl (C=O) groups excluding carboxylic acids is 2. The molecule has 0 saturated carbocycles. The predicted molar refractivity (Wildman–Crippen MR) is 95.3 cm³/mol. The van der Waals surface area contributed by atoms with E-state index in [1.807, 2.05) is 35.7 Å². The van der Waals surface area contributed by atoms with Crippen molar-refractivity contribution in [3.05, 3.63) is 68.5 Å². The van der Waals surface area contributed by atoms with Gasteiger partial charge in [0.2, 0.25) is 5.91 Å². The largest absolute Gasteiger partial charge is 0.329 e. The molecule has 2 atom stereocenters. The van der Waals surface area contributed by atoms with E-state index in [9.17, 15) is 9.59 Å². The second kappa shape index (κ2) is 6.19. The van der Waals surface area contributed by atoms with Crippen LogP contribution in [0, 0.1) is 0 Å². The number of nitrogens with one attached hydrogen (secondary N) is 1. The lowest BCUT2D eigenvalue weighted by molar-refractivity contribution is -0.122. The summed E-state index contributed by atoms with van der Waals surface area (Å²) < 4.78 is 0. The Labute approximate surface area is 149 Å². The van der Waals surface area contributed by atoms with Gasteiger partial charge in [0, 0.05) is 45.8 Å². The van der Waals surface area contributed by atoms with Gasteiger partial charge in [0.1, 0.15) is 0 Å². The number of hydrogen-bond donors (Lipinski definition) is 1. The molecule has 24 heavy (non-hydrogen) atoms. The molecular formula is C19H16ClNO2S. The first-order valence-electron chi connectivity index (χ1n) is 7.97. The maximum absolute atomic E-state index is 12.9. The molecule has 1 aromatic carbocycles. The molecule has 0 radical (unpaired) electrons. The summed E-state index contributed by atoms with van der Waals surface area (Å²) in [6, 6.07) is 11.5. The van der Waals surface area contributed by atoms with Gasteiger partial charge in [-0.05, 0) is 35.6 Å². The third-order valence-corrected chi connectivity index (χ3v) is 6.04. The first-order valence-corrected chi connectivity index (χ1v) is 9.22. The predicted octanol–water partition coefficient (Wildman–Crippen LogP) is 4.41. The highest BCUT2D eigenvalue weighted by atomic mass is 35.5. The number of benzene rings is 1. The van der Waals surface area contributed by atoms with Crippen LogP contribution in [0.2, 0.25) is 5.02 Å². The summed E-state index contributed by atoms with van der Waals surface area (Å²) in [5, 5.41) is 5.63. The van der Waals surface area contributed by atoms with E-state index in [1.54, 1.807) is 11.3 Å². The fourth-order valence-corrected chi connectivity index (χ4v) is 4.62. The van der Waals surface area contributed by atoms with Crippen molar-refractivity contribution in [2.45, 2.75) is 31.1 Å². The van der Waals surface area contributed by atoms with Crippen LogP contribution in [-0.4, -0.2) is 11.7 Å². The molecule has 1 aliphatic carbocycles. The smallest absolute Gasteiger partial charge is 0.225 e. The Morgan fingerprint density at radius 1 is 1.04 bits per heavy atom. The Kier molecular flexibility index (Phi) is 4.02. The number of amides is 1. The van der Waals surface area contributed by atoms with E-state index in [0.29, 0.717) is 17.9 Å². The lowest BCUT2D eigenvalue weighted by Gasteiger charge is -2.34. The quantitative estimate of drug-likeness (QED) is 0.865. The molecule has 1 N–H and O–H groups in total. The maximum Gasteiger partial charge on any atom is 0.225 e. The van der Waals surface area contributed by atoms with E-state index in [2.05, 4.69) is 11.4 Å². The molecular weight excluding hydrogens is 342 g/mol. The summed E-state index contributed by atoms with van der Waals surface area (Å²) in [7, 11) is 0. The number of ketones is 1. The number of allylic oxidation sites excluding steroid dienone is 2. The molecule has 1 aromatic heterocycles. The number of carbonyl (C=O) groups is 2. The molecule has 1 aliphatic heterocycles. The fraction of sp³-hybridized carbons (Fsp3) is 0.263. The average Bonchev–Trinajstić information content (AvgIpc) is 3.09. The number of hydrogen-bond acceptors (Lipinski definition) is 3. The molecule has 2 aliphatic rings. The lowest BCUT2D eigenvalue weighted by Crippen LogP contribution is -2.38. The van der Waals surface area contributed by atoms with Gasteiger partial charge in [-0.3, -0.25) is 9.59 Å². The van der Waals surface area contributed by atoms with Crippen LogP contribution in [0.25, 0.3) is 0 Å². The lowest BCUT2D eigenvalue weighted by atomic mass is 9.75. The molecule has 0 saturated heterocycles. The first kappa shape index (κ1) is 15.6. The van der Waals surface area contributed by atoms with Gasteiger partial charge in [0.25, 0.3) is 0 Å². The minimum Gasteiger partial charge on any atom is -0.329 e. The van der Waals surface area contributed by atoms with Crippen LogP contribution in [0.4, 0.5) is 0 Å². The molecule has 122 valence electrons. The third-order valence-electron chi connectivity index (χ3n) is 4.75. The monoisotopic (exact) mass is 357 g/mol. The molecule has 2 heterocycles. The van der Waals surface area contributed by atoms with Crippen molar-refractivity contribution >= 4 is 34.6 Å². The van der Waals surface area contributed by atoms with E-state index in [-0.39, 0.29) is 23.5 Å². The van der Waals surface area contributed by atoms with E-state index in [1.165, 1.54) is 4.88 Å². The molecule has 0 fully saturated rings. The van der Waals surface area contributed by atoms with Gasteiger partial charge in [-0.2, -0.15) is 0 Å². The van der Waals surface area contributed by atoms with Gasteiger partial charge in [-0.1, -0.05) is 29.8 Å². The van der Waals surface area contributed by atoms with Crippen LogP contribution in [0.3, 0.4) is 0 Å². The van der Waals surface area contributed by atoms with Crippen LogP contribution >= 0.6 is 22.9 Å². The molecule has 0 unspecified atom stereocenters. The minimum absolute atomic E-state index is 0.0201.